The first kappa shape index (κ1) is 52.9. The van der Waals surface area contributed by atoms with Crippen molar-refractivity contribution in [1.82, 2.24) is 0 Å². The molecule has 0 bridgehead atoms. The Kier molecular flexibility index (Phi) is 37.8. The van der Waals surface area contributed by atoms with Gasteiger partial charge in [-0.1, -0.05) is 138 Å². The van der Waals surface area contributed by atoms with E-state index in [4.69, 9.17) is 24.3 Å². The molecule has 0 aromatic rings. The lowest BCUT2D eigenvalue weighted by Gasteiger charge is -2.19. The van der Waals surface area contributed by atoms with Crippen LogP contribution in [0.2, 0.25) is 0 Å². The minimum atomic E-state index is -4.42. The maximum absolute atomic E-state index is 12.5. The lowest BCUT2D eigenvalue weighted by Crippen LogP contribution is -2.29. The van der Waals surface area contributed by atoms with E-state index >= 15 is 0 Å². The van der Waals surface area contributed by atoms with Crippen LogP contribution in [-0.4, -0.2) is 55.1 Å². The number of hydrogen-bond acceptors (Lipinski definition) is 9. The van der Waals surface area contributed by atoms with Crippen molar-refractivity contribution in [3.8, 4) is 0 Å². The Morgan fingerprint density at radius 1 is 0.589 bits per heavy atom. The van der Waals surface area contributed by atoms with Crippen LogP contribution in [0.5, 0.6) is 0 Å². The standard InChI is InChI=1S/C45H74NO9P/c1-3-5-7-8-9-10-11-12-13-14-15-16-19-22-25-28-32-36-44(48)52-40-43(41-54-56(50,51)53-39-38-46)55-45(49)37-33-29-26-23-20-17-18-21-24-27-31-35-42(47)34-30-6-4-2/h12-13,15-18,22-27,31,35,43H,3-11,14,19-21,28-30,32-34,36-41,46H2,1-2H3,(H,50,51)/b13-12-,16-15-,18-17-,25-22-,26-23-,27-24-,35-31+/t43-/m1/s1. The fourth-order valence-electron chi connectivity index (χ4n) is 5.07. The molecule has 1 unspecified atom stereocenters. The monoisotopic (exact) mass is 804 g/mol. The largest absolute Gasteiger partial charge is 0.472 e. The van der Waals surface area contributed by atoms with Gasteiger partial charge in [0.15, 0.2) is 11.9 Å². The molecule has 0 heterocycles. The van der Waals surface area contributed by atoms with Gasteiger partial charge < -0.3 is 20.1 Å². The Morgan fingerprint density at radius 3 is 1.71 bits per heavy atom. The molecule has 56 heavy (non-hydrogen) atoms. The summed E-state index contributed by atoms with van der Waals surface area (Å²) in [5.41, 5.74) is 5.33. The highest BCUT2D eigenvalue weighted by Gasteiger charge is 2.25. The Labute approximate surface area is 339 Å². The summed E-state index contributed by atoms with van der Waals surface area (Å²) in [6.07, 6.45) is 46.1. The minimum Gasteiger partial charge on any atom is -0.462 e. The molecule has 0 aromatic heterocycles. The van der Waals surface area contributed by atoms with Gasteiger partial charge in [-0.3, -0.25) is 23.4 Å². The molecule has 3 N–H and O–H groups in total. The van der Waals surface area contributed by atoms with Crippen LogP contribution in [0.1, 0.15) is 149 Å². The Morgan fingerprint density at radius 2 is 1.11 bits per heavy atom. The summed E-state index contributed by atoms with van der Waals surface area (Å²) >= 11 is 0. The normalized spacial score (nSPS) is 14.1. The van der Waals surface area contributed by atoms with E-state index in [2.05, 4.69) is 44.2 Å². The molecule has 0 aromatic carbocycles. The van der Waals surface area contributed by atoms with Crippen LogP contribution in [0.3, 0.4) is 0 Å². The maximum atomic E-state index is 12.5. The van der Waals surface area contributed by atoms with E-state index in [0.717, 1.165) is 57.8 Å². The number of rotatable bonds is 38. The Hall–Kier alpha value is -3.14. The second kappa shape index (κ2) is 40.1. The van der Waals surface area contributed by atoms with E-state index in [-0.39, 0.29) is 38.4 Å². The van der Waals surface area contributed by atoms with Gasteiger partial charge in [0.2, 0.25) is 0 Å². The van der Waals surface area contributed by atoms with Crippen molar-refractivity contribution in [2.75, 3.05) is 26.4 Å². The van der Waals surface area contributed by atoms with Crippen LogP contribution >= 0.6 is 7.82 Å². The van der Waals surface area contributed by atoms with Crippen molar-refractivity contribution >= 4 is 25.5 Å². The minimum absolute atomic E-state index is 0.0239. The molecule has 0 aliphatic rings. The number of carbonyl (C=O) groups is 3. The van der Waals surface area contributed by atoms with Crippen molar-refractivity contribution < 1.29 is 42.4 Å². The van der Waals surface area contributed by atoms with E-state index in [1.165, 1.54) is 38.5 Å². The third-order valence-corrected chi connectivity index (χ3v) is 9.21. The van der Waals surface area contributed by atoms with Crippen molar-refractivity contribution in [3.63, 3.8) is 0 Å². The number of allylic oxidation sites excluding steroid dienone is 14. The van der Waals surface area contributed by atoms with E-state index in [0.29, 0.717) is 25.7 Å². The topological polar surface area (TPSA) is 151 Å². The molecular formula is C45H74NO9P. The van der Waals surface area contributed by atoms with Crippen molar-refractivity contribution in [2.45, 2.75) is 155 Å². The number of ketones is 1. The summed E-state index contributed by atoms with van der Waals surface area (Å²) in [6, 6.07) is 0. The van der Waals surface area contributed by atoms with Gasteiger partial charge in [-0.15, -0.1) is 0 Å². The van der Waals surface area contributed by atoms with E-state index in [9.17, 15) is 23.8 Å². The number of hydrogen-bond donors (Lipinski definition) is 2. The van der Waals surface area contributed by atoms with Crippen LogP contribution < -0.4 is 5.73 Å². The van der Waals surface area contributed by atoms with Gasteiger partial charge in [-0.25, -0.2) is 4.57 Å². The molecule has 0 rings (SSSR count). The van der Waals surface area contributed by atoms with Gasteiger partial charge in [0.25, 0.3) is 0 Å². The predicted molar refractivity (Wildman–Crippen MR) is 229 cm³/mol. The SMILES string of the molecule is CCCCCCCC/C=C\C/C=C\C/C=C\CCCC(=O)OC[C@H](COP(=O)(O)OCCN)OC(=O)CCC/C=C\C/C=C\C/C=C\C=C\C(=O)CCCCC. The molecule has 2 atom stereocenters. The predicted octanol–water partition coefficient (Wildman–Crippen LogP) is 11.2. The summed E-state index contributed by atoms with van der Waals surface area (Å²) < 4.78 is 32.6. The van der Waals surface area contributed by atoms with Crippen LogP contribution in [-0.2, 0) is 37.5 Å². The highest BCUT2D eigenvalue weighted by atomic mass is 31.2. The first-order chi connectivity index (χ1) is 27.2. The Balaban J connectivity index is 4.42. The number of phosphoric ester groups is 1. The Bertz CT molecular complexity index is 1250. The molecule has 318 valence electrons. The first-order valence-electron chi connectivity index (χ1n) is 21.0. The summed E-state index contributed by atoms with van der Waals surface area (Å²) in [5.74, 6) is -0.837. The summed E-state index contributed by atoms with van der Waals surface area (Å²) in [6.45, 7) is 3.39. The van der Waals surface area contributed by atoms with Gasteiger partial charge in [0, 0.05) is 25.8 Å². The van der Waals surface area contributed by atoms with Crippen LogP contribution in [0.4, 0.5) is 0 Å². The van der Waals surface area contributed by atoms with Crippen LogP contribution in [0.15, 0.2) is 85.1 Å². The zero-order valence-electron chi connectivity index (χ0n) is 34.6. The smallest absolute Gasteiger partial charge is 0.462 e. The number of esters is 2. The van der Waals surface area contributed by atoms with E-state index in [1.54, 1.807) is 12.2 Å². The average Bonchev–Trinajstić information content (AvgIpc) is 3.18. The summed E-state index contributed by atoms with van der Waals surface area (Å²) in [4.78, 5) is 46.5. The molecule has 0 spiro atoms. The lowest BCUT2D eigenvalue weighted by atomic mass is 10.1. The third kappa shape index (κ3) is 39.1. The number of carbonyl (C=O) groups excluding carboxylic acids is 3. The highest BCUT2D eigenvalue weighted by molar-refractivity contribution is 7.47. The van der Waals surface area contributed by atoms with Crippen molar-refractivity contribution in [3.05, 3.63) is 85.1 Å². The second-order valence-electron chi connectivity index (χ2n) is 13.5. The molecule has 0 saturated carbocycles. The quantitative estimate of drug-likeness (QED) is 0.0154. The number of ether oxygens (including phenoxy) is 2. The van der Waals surface area contributed by atoms with Crippen molar-refractivity contribution in [2.24, 2.45) is 5.73 Å². The molecule has 0 radical (unpaired) electrons. The second-order valence-corrected chi connectivity index (χ2v) is 15.0. The molecule has 0 amide bonds. The maximum Gasteiger partial charge on any atom is 0.472 e. The average molecular weight is 804 g/mol. The molecule has 0 fully saturated rings. The van der Waals surface area contributed by atoms with Crippen LogP contribution in [0, 0.1) is 0 Å². The van der Waals surface area contributed by atoms with E-state index < -0.39 is 32.5 Å². The highest BCUT2D eigenvalue weighted by Crippen LogP contribution is 2.43. The van der Waals surface area contributed by atoms with Gasteiger partial charge >= 0.3 is 19.8 Å². The van der Waals surface area contributed by atoms with Gasteiger partial charge in [0.05, 0.1) is 13.2 Å². The first-order valence-corrected chi connectivity index (χ1v) is 22.5. The number of nitrogens with two attached hydrogens (primary N) is 1. The summed E-state index contributed by atoms with van der Waals surface area (Å²) in [7, 11) is -4.42. The number of phosphoric acid groups is 1. The fourth-order valence-corrected chi connectivity index (χ4v) is 5.83. The van der Waals surface area contributed by atoms with Gasteiger partial charge in [0.1, 0.15) is 6.61 Å². The molecule has 10 nitrogen and oxygen atoms in total. The zero-order valence-corrected chi connectivity index (χ0v) is 35.5. The fraction of sp³-hybridized carbons (Fsp3) is 0.622. The number of unbranched alkanes of at least 4 members (excludes halogenated alkanes) is 10. The van der Waals surface area contributed by atoms with Gasteiger partial charge in [-0.05, 0) is 76.7 Å². The van der Waals surface area contributed by atoms with Crippen molar-refractivity contribution in [1.29, 1.82) is 0 Å². The summed E-state index contributed by atoms with van der Waals surface area (Å²) in [5, 5.41) is 0. The lowest BCUT2D eigenvalue weighted by molar-refractivity contribution is -0.161. The molecule has 0 aliphatic carbocycles. The third-order valence-electron chi connectivity index (χ3n) is 8.23. The molecular weight excluding hydrogens is 729 g/mol. The molecule has 0 saturated heterocycles. The zero-order chi connectivity index (χ0) is 41.2. The van der Waals surface area contributed by atoms with Gasteiger partial charge in [-0.2, -0.15) is 0 Å². The molecule has 11 heteroatoms. The van der Waals surface area contributed by atoms with Crippen LogP contribution in [0.25, 0.3) is 0 Å². The molecule has 0 aliphatic heterocycles. The van der Waals surface area contributed by atoms with E-state index in [1.807, 2.05) is 42.5 Å².